The van der Waals surface area contributed by atoms with E-state index in [4.69, 9.17) is 16.3 Å². The van der Waals surface area contributed by atoms with Crippen LogP contribution in [0, 0.1) is 13.8 Å². The van der Waals surface area contributed by atoms with Crippen molar-refractivity contribution in [3.8, 4) is 11.5 Å². The van der Waals surface area contributed by atoms with E-state index < -0.39 is 30.1 Å². The standard InChI is InChI=1S/C23H18ClF5N2O2/c1-13-6-7-18(14(2)8-13)22(25,26)12-31-21(32)17-10-20(24)30-11-19(17)33-16-5-3-4-15(9-16)23(27,28)29/h3-11H,12H2,1-2H3,(H,31,32). The zero-order chi connectivity index (χ0) is 24.4. The summed E-state index contributed by atoms with van der Waals surface area (Å²) in [5, 5.41) is 2.01. The molecule has 1 aromatic heterocycles. The molecule has 1 N–H and O–H groups in total. The number of rotatable bonds is 6. The third-order valence-electron chi connectivity index (χ3n) is 4.71. The predicted molar refractivity (Wildman–Crippen MR) is 113 cm³/mol. The molecule has 1 amide bonds. The van der Waals surface area contributed by atoms with Crippen molar-refractivity contribution in [1.82, 2.24) is 10.3 Å². The smallest absolute Gasteiger partial charge is 0.416 e. The quantitative estimate of drug-likeness (QED) is 0.313. The van der Waals surface area contributed by atoms with E-state index in [1.165, 1.54) is 12.1 Å². The Morgan fingerprint density at radius 1 is 1.06 bits per heavy atom. The van der Waals surface area contributed by atoms with Crippen LogP contribution in [0.1, 0.15) is 32.6 Å². The van der Waals surface area contributed by atoms with E-state index in [9.17, 15) is 26.7 Å². The Balaban J connectivity index is 1.82. The van der Waals surface area contributed by atoms with Gasteiger partial charge in [-0.3, -0.25) is 4.79 Å². The van der Waals surface area contributed by atoms with Crippen molar-refractivity contribution in [2.75, 3.05) is 6.54 Å². The van der Waals surface area contributed by atoms with Gasteiger partial charge in [0.05, 0.1) is 23.9 Å². The van der Waals surface area contributed by atoms with E-state index in [1.807, 2.05) is 0 Å². The number of nitrogens with one attached hydrogen (secondary N) is 1. The van der Waals surface area contributed by atoms with Gasteiger partial charge in [-0.05, 0) is 43.7 Å². The minimum atomic E-state index is -4.60. The summed E-state index contributed by atoms with van der Waals surface area (Å²) in [6.07, 6.45) is -3.57. The van der Waals surface area contributed by atoms with Crippen LogP contribution < -0.4 is 10.1 Å². The number of aryl methyl sites for hydroxylation is 2. The molecule has 0 aliphatic rings. The summed E-state index contributed by atoms with van der Waals surface area (Å²) < 4.78 is 73.7. The molecule has 0 atom stereocenters. The van der Waals surface area contributed by atoms with E-state index in [2.05, 4.69) is 10.3 Å². The molecule has 1 heterocycles. The summed E-state index contributed by atoms with van der Waals surface area (Å²) in [5.74, 6) is -4.79. The summed E-state index contributed by atoms with van der Waals surface area (Å²) in [4.78, 5) is 16.4. The van der Waals surface area contributed by atoms with Gasteiger partial charge >= 0.3 is 6.18 Å². The van der Waals surface area contributed by atoms with Gasteiger partial charge in [0, 0.05) is 5.56 Å². The van der Waals surface area contributed by atoms with Crippen LogP contribution in [0.25, 0.3) is 0 Å². The number of hydrogen-bond donors (Lipinski definition) is 1. The highest BCUT2D eigenvalue weighted by molar-refractivity contribution is 6.29. The normalized spacial score (nSPS) is 11.9. The van der Waals surface area contributed by atoms with Crippen LogP contribution >= 0.6 is 11.6 Å². The molecule has 2 aromatic carbocycles. The van der Waals surface area contributed by atoms with Gasteiger partial charge in [-0.1, -0.05) is 41.4 Å². The third-order valence-corrected chi connectivity index (χ3v) is 4.92. The van der Waals surface area contributed by atoms with Gasteiger partial charge < -0.3 is 10.1 Å². The molecule has 0 fully saturated rings. The predicted octanol–water partition coefficient (Wildman–Crippen LogP) is 6.68. The maximum Gasteiger partial charge on any atom is 0.416 e. The fourth-order valence-corrected chi connectivity index (χ4v) is 3.30. The summed E-state index contributed by atoms with van der Waals surface area (Å²) in [6.45, 7) is 2.30. The third kappa shape index (κ3) is 5.98. The lowest BCUT2D eigenvalue weighted by Crippen LogP contribution is -2.35. The molecule has 0 aliphatic heterocycles. The van der Waals surface area contributed by atoms with E-state index in [0.717, 1.165) is 36.0 Å². The number of amides is 1. The number of alkyl halides is 5. The second-order valence-corrected chi connectivity index (χ2v) is 7.72. The average Bonchev–Trinajstić information content (AvgIpc) is 2.72. The van der Waals surface area contributed by atoms with E-state index >= 15 is 0 Å². The highest BCUT2D eigenvalue weighted by atomic mass is 35.5. The second-order valence-electron chi connectivity index (χ2n) is 7.34. The van der Waals surface area contributed by atoms with Crippen LogP contribution in [0.15, 0.2) is 54.7 Å². The van der Waals surface area contributed by atoms with Gasteiger partial charge in [0.1, 0.15) is 10.9 Å². The van der Waals surface area contributed by atoms with Gasteiger partial charge in [0.2, 0.25) is 0 Å². The van der Waals surface area contributed by atoms with Crippen molar-refractivity contribution in [2.45, 2.75) is 25.9 Å². The van der Waals surface area contributed by atoms with Crippen LogP contribution in [0.3, 0.4) is 0 Å². The molecular weight excluding hydrogens is 467 g/mol. The first-order valence-corrected chi connectivity index (χ1v) is 9.99. The number of benzene rings is 2. The molecule has 0 aliphatic carbocycles. The molecule has 0 spiro atoms. The molecule has 3 rings (SSSR count). The van der Waals surface area contributed by atoms with Crippen LogP contribution in [0.5, 0.6) is 11.5 Å². The Morgan fingerprint density at radius 2 is 1.79 bits per heavy atom. The lowest BCUT2D eigenvalue weighted by atomic mass is 10.00. The van der Waals surface area contributed by atoms with Gasteiger partial charge in [0.15, 0.2) is 5.75 Å². The molecule has 174 valence electrons. The average molecular weight is 485 g/mol. The first-order chi connectivity index (χ1) is 15.4. The summed E-state index contributed by atoms with van der Waals surface area (Å²) in [7, 11) is 0. The highest BCUT2D eigenvalue weighted by Gasteiger charge is 2.34. The molecular formula is C23H18ClF5N2O2. The lowest BCUT2D eigenvalue weighted by Gasteiger charge is -2.20. The van der Waals surface area contributed by atoms with Crippen molar-refractivity contribution in [3.63, 3.8) is 0 Å². The first kappa shape index (κ1) is 24.4. The van der Waals surface area contributed by atoms with Crippen LogP contribution in [0.4, 0.5) is 22.0 Å². The summed E-state index contributed by atoms with van der Waals surface area (Å²) in [6, 6.07) is 9.50. The lowest BCUT2D eigenvalue weighted by molar-refractivity contribution is -0.137. The zero-order valence-electron chi connectivity index (χ0n) is 17.4. The number of pyridine rings is 1. The molecule has 3 aromatic rings. The Morgan fingerprint density at radius 3 is 2.45 bits per heavy atom. The first-order valence-electron chi connectivity index (χ1n) is 9.61. The minimum Gasteiger partial charge on any atom is -0.455 e. The summed E-state index contributed by atoms with van der Waals surface area (Å²) in [5.41, 5.74) is -0.264. The minimum absolute atomic E-state index is 0.127. The van der Waals surface area contributed by atoms with Crippen molar-refractivity contribution in [1.29, 1.82) is 0 Å². The zero-order valence-corrected chi connectivity index (χ0v) is 18.2. The van der Waals surface area contributed by atoms with Crippen LogP contribution in [-0.2, 0) is 12.1 Å². The highest BCUT2D eigenvalue weighted by Crippen LogP contribution is 2.34. The Hall–Kier alpha value is -3.20. The second kappa shape index (κ2) is 9.35. The van der Waals surface area contributed by atoms with Crippen LogP contribution in [-0.4, -0.2) is 17.4 Å². The molecule has 10 heteroatoms. The molecule has 0 saturated heterocycles. The number of carbonyl (C=O) groups excluding carboxylic acids is 1. The summed E-state index contributed by atoms with van der Waals surface area (Å²) >= 11 is 5.83. The molecule has 33 heavy (non-hydrogen) atoms. The topological polar surface area (TPSA) is 51.2 Å². The number of nitrogens with zero attached hydrogens (tertiary/aromatic N) is 1. The number of aromatic nitrogens is 1. The van der Waals surface area contributed by atoms with Crippen LogP contribution in [0.2, 0.25) is 5.15 Å². The van der Waals surface area contributed by atoms with Gasteiger partial charge in [0.25, 0.3) is 11.8 Å². The Kier molecular flexibility index (Phi) is 6.92. The number of halogens is 6. The van der Waals surface area contributed by atoms with E-state index in [0.29, 0.717) is 5.56 Å². The number of ether oxygens (including phenoxy) is 1. The number of hydrogen-bond acceptors (Lipinski definition) is 3. The SMILES string of the molecule is Cc1ccc(C(F)(F)CNC(=O)c2cc(Cl)ncc2Oc2cccc(C(F)(F)F)c2)c(C)c1. The number of carbonyl (C=O) groups is 1. The fourth-order valence-electron chi connectivity index (χ4n) is 3.14. The van der Waals surface area contributed by atoms with Gasteiger partial charge in [-0.15, -0.1) is 0 Å². The monoisotopic (exact) mass is 484 g/mol. The fraction of sp³-hybridized carbons (Fsp3) is 0.217. The van der Waals surface area contributed by atoms with E-state index in [1.54, 1.807) is 26.0 Å². The Bertz CT molecular complexity index is 1180. The maximum absolute atomic E-state index is 14.7. The van der Waals surface area contributed by atoms with Gasteiger partial charge in [-0.2, -0.15) is 22.0 Å². The van der Waals surface area contributed by atoms with Crippen molar-refractivity contribution < 1.29 is 31.5 Å². The van der Waals surface area contributed by atoms with Crippen molar-refractivity contribution in [3.05, 3.63) is 87.7 Å². The Labute approximate surface area is 191 Å². The van der Waals surface area contributed by atoms with Crippen molar-refractivity contribution >= 4 is 17.5 Å². The molecule has 0 radical (unpaired) electrons. The largest absolute Gasteiger partial charge is 0.455 e. The van der Waals surface area contributed by atoms with Crippen molar-refractivity contribution in [2.24, 2.45) is 0 Å². The molecule has 0 unspecified atom stereocenters. The van der Waals surface area contributed by atoms with Gasteiger partial charge in [-0.25, -0.2) is 4.98 Å². The molecule has 0 bridgehead atoms. The molecule has 4 nitrogen and oxygen atoms in total. The van der Waals surface area contributed by atoms with E-state index in [-0.39, 0.29) is 27.8 Å². The maximum atomic E-state index is 14.7. The molecule has 0 saturated carbocycles.